The van der Waals surface area contributed by atoms with Gasteiger partial charge in [-0.05, 0) is 21.9 Å². The third kappa shape index (κ3) is 2.59. The number of nitriles is 1. The molecule has 1 aliphatic carbocycles. The largest absolute Gasteiger partial charge is 0.289 e. The van der Waals surface area contributed by atoms with Crippen molar-refractivity contribution in [1.29, 1.82) is 5.26 Å². The lowest BCUT2D eigenvalue weighted by molar-refractivity contribution is 0.102. The molecule has 0 N–H and O–H groups in total. The van der Waals surface area contributed by atoms with E-state index in [1.165, 1.54) is 0 Å². The van der Waals surface area contributed by atoms with Crippen LogP contribution in [-0.4, -0.2) is 11.6 Å². The lowest BCUT2D eigenvalue weighted by Gasteiger charge is -2.24. The number of carbonyl (C=O) groups excluding carboxylic acids is 2. The fraction of sp³-hybridized carbons (Fsp3) is 0. The SMILES string of the molecule is N#C/C(C(=O)c1ccccc1)=C1\c2ccccc2C(=O)c2c1ccc1ccccc21. The third-order valence-corrected chi connectivity index (χ3v) is 5.49. The van der Waals surface area contributed by atoms with Gasteiger partial charge in [0.25, 0.3) is 0 Å². The van der Waals surface area contributed by atoms with Gasteiger partial charge in [0.05, 0.1) is 0 Å². The van der Waals surface area contributed by atoms with Gasteiger partial charge in [0.1, 0.15) is 11.6 Å². The number of fused-ring (bicyclic) bond motifs is 4. The number of benzene rings is 4. The molecule has 0 bridgehead atoms. The van der Waals surface area contributed by atoms with Crippen molar-refractivity contribution in [3.05, 3.63) is 124 Å². The molecule has 0 amide bonds. The van der Waals surface area contributed by atoms with Crippen molar-refractivity contribution in [3.63, 3.8) is 0 Å². The number of rotatable bonds is 2. The summed E-state index contributed by atoms with van der Waals surface area (Å²) in [7, 11) is 0. The molecule has 140 valence electrons. The van der Waals surface area contributed by atoms with Crippen LogP contribution in [0.15, 0.2) is 96.6 Å². The van der Waals surface area contributed by atoms with Gasteiger partial charge in [-0.2, -0.15) is 5.26 Å². The van der Waals surface area contributed by atoms with E-state index in [4.69, 9.17) is 0 Å². The predicted octanol–water partition coefficient (Wildman–Crippen LogP) is 5.59. The molecule has 0 unspecified atom stereocenters. The molecule has 0 saturated heterocycles. The average molecular weight is 385 g/mol. The van der Waals surface area contributed by atoms with Crippen LogP contribution in [0.1, 0.15) is 37.4 Å². The highest BCUT2D eigenvalue weighted by Gasteiger charge is 2.32. The number of carbonyl (C=O) groups is 2. The van der Waals surface area contributed by atoms with Crippen molar-refractivity contribution in [3.8, 4) is 6.07 Å². The van der Waals surface area contributed by atoms with E-state index in [1.54, 1.807) is 42.5 Å². The van der Waals surface area contributed by atoms with Crippen LogP contribution < -0.4 is 0 Å². The molecule has 30 heavy (non-hydrogen) atoms. The highest BCUT2D eigenvalue weighted by atomic mass is 16.1. The van der Waals surface area contributed by atoms with Gasteiger partial charge >= 0.3 is 0 Å². The van der Waals surface area contributed by atoms with E-state index in [0.29, 0.717) is 33.4 Å². The molecular weight excluding hydrogens is 370 g/mol. The second kappa shape index (κ2) is 6.95. The number of nitrogens with zero attached hydrogens (tertiary/aromatic N) is 1. The minimum Gasteiger partial charge on any atom is -0.289 e. The Balaban J connectivity index is 1.90. The van der Waals surface area contributed by atoms with Gasteiger partial charge < -0.3 is 0 Å². The molecule has 3 heteroatoms. The zero-order chi connectivity index (χ0) is 20.7. The van der Waals surface area contributed by atoms with Crippen molar-refractivity contribution in [2.45, 2.75) is 0 Å². The van der Waals surface area contributed by atoms with Crippen molar-refractivity contribution in [1.82, 2.24) is 0 Å². The second-order valence-corrected chi connectivity index (χ2v) is 7.14. The Kier molecular flexibility index (Phi) is 4.12. The molecule has 0 aliphatic heterocycles. The van der Waals surface area contributed by atoms with Gasteiger partial charge in [-0.25, -0.2) is 0 Å². The van der Waals surface area contributed by atoms with Gasteiger partial charge in [-0.3, -0.25) is 9.59 Å². The quantitative estimate of drug-likeness (QED) is 0.226. The summed E-state index contributed by atoms with van der Waals surface area (Å²) in [5.74, 6) is -0.443. The van der Waals surface area contributed by atoms with E-state index in [1.807, 2.05) is 48.5 Å². The minimum absolute atomic E-state index is 0.0395. The first kappa shape index (κ1) is 17.8. The fourth-order valence-electron chi connectivity index (χ4n) is 4.13. The molecule has 0 radical (unpaired) electrons. The topological polar surface area (TPSA) is 57.9 Å². The van der Waals surface area contributed by atoms with E-state index < -0.39 is 0 Å². The zero-order valence-electron chi connectivity index (χ0n) is 15.9. The molecule has 5 rings (SSSR count). The van der Waals surface area contributed by atoms with Crippen LogP contribution in [-0.2, 0) is 0 Å². The monoisotopic (exact) mass is 385 g/mol. The Bertz CT molecular complexity index is 1420. The van der Waals surface area contributed by atoms with Crippen LogP contribution in [0.2, 0.25) is 0 Å². The molecule has 1 aliphatic rings. The Hall–Kier alpha value is -4.29. The number of Topliss-reactive ketones (excluding diaryl/α,β-unsaturated/α-hetero) is 1. The zero-order valence-corrected chi connectivity index (χ0v) is 15.9. The van der Waals surface area contributed by atoms with E-state index >= 15 is 0 Å². The maximum absolute atomic E-state index is 13.4. The number of allylic oxidation sites excluding steroid dienone is 1. The summed E-state index contributed by atoms with van der Waals surface area (Å²) >= 11 is 0. The van der Waals surface area contributed by atoms with Crippen LogP contribution in [0.4, 0.5) is 0 Å². The summed E-state index contributed by atoms with van der Waals surface area (Å²) in [5.41, 5.74) is 3.28. The van der Waals surface area contributed by atoms with Crippen LogP contribution in [0.5, 0.6) is 0 Å². The number of hydrogen-bond acceptors (Lipinski definition) is 3. The Morgan fingerprint density at radius 1 is 0.700 bits per heavy atom. The maximum Gasteiger partial charge on any atom is 0.204 e. The molecule has 4 aromatic rings. The van der Waals surface area contributed by atoms with Crippen LogP contribution >= 0.6 is 0 Å². The smallest absolute Gasteiger partial charge is 0.204 e. The van der Waals surface area contributed by atoms with Gasteiger partial charge in [0, 0.05) is 22.3 Å². The Morgan fingerprint density at radius 3 is 2.13 bits per heavy atom. The summed E-state index contributed by atoms with van der Waals surface area (Å²) in [6.07, 6.45) is 0. The van der Waals surface area contributed by atoms with Crippen molar-refractivity contribution >= 4 is 27.9 Å². The van der Waals surface area contributed by atoms with E-state index in [9.17, 15) is 14.9 Å². The minimum atomic E-state index is -0.351. The van der Waals surface area contributed by atoms with Gasteiger partial charge in [0.2, 0.25) is 5.78 Å². The van der Waals surface area contributed by atoms with Crippen LogP contribution in [0.3, 0.4) is 0 Å². The maximum atomic E-state index is 13.4. The third-order valence-electron chi connectivity index (χ3n) is 5.49. The molecule has 0 fully saturated rings. The first-order chi connectivity index (χ1) is 14.7. The molecular formula is C27H15NO2. The number of hydrogen-bond donors (Lipinski definition) is 0. The van der Waals surface area contributed by atoms with Gasteiger partial charge in [0.15, 0.2) is 5.78 Å². The van der Waals surface area contributed by atoms with Crippen molar-refractivity contribution in [2.75, 3.05) is 0 Å². The van der Waals surface area contributed by atoms with E-state index in [-0.39, 0.29) is 17.1 Å². The van der Waals surface area contributed by atoms with Crippen LogP contribution in [0.25, 0.3) is 16.3 Å². The second-order valence-electron chi connectivity index (χ2n) is 7.14. The Morgan fingerprint density at radius 2 is 1.37 bits per heavy atom. The fourth-order valence-corrected chi connectivity index (χ4v) is 4.13. The van der Waals surface area contributed by atoms with E-state index in [2.05, 4.69) is 6.07 Å². The standard InChI is InChI=1S/C27H15NO2/c28-16-23(26(29)18-9-2-1-3-10-18)24-20-12-6-7-13-21(20)27(30)25-19-11-5-4-8-17(19)14-15-22(24)25/h1-15H/b24-23-. The predicted molar refractivity (Wildman–Crippen MR) is 116 cm³/mol. The lowest BCUT2D eigenvalue weighted by atomic mass is 9.77. The van der Waals surface area contributed by atoms with Crippen molar-refractivity contribution < 1.29 is 9.59 Å². The summed E-state index contributed by atoms with van der Waals surface area (Å²) < 4.78 is 0. The van der Waals surface area contributed by atoms with E-state index in [0.717, 1.165) is 10.8 Å². The molecule has 0 aromatic heterocycles. The van der Waals surface area contributed by atoms with Gasteiger partial charge in [-0.1, -0.05) is 91.0 Å². The molecule has 0 spiro atoms. The molecule has 0 heterocycles. The average Bonchev–Trinajstić information content (AvgIpc) is 2.81. The highest BCUT2D eigenvalue weighted by Crippen LogP contribution is 2.41. The molecule has 4 aromatic carbocycles. The molecule has 0 saturated carbocycles. The van der Waals surface area contributed by atoms with Crippen LogP contribution in [0, 0.1) is 11.3 Å². The summed E-state index contributed by atoms with van der Waals surface area (Å²) in [6, 6.07) is 29.5. The highest BCUT2D eigenvalue weighted by molar-refractivity contribution is 6.28. The number of ketones is 2. The Labute approximate surface area is 173 Å². The first-order valence-electron chi connectivity index (χ1n) is 9.61. The first-order valence-corrected chi connectivity index (χ1v) is 9.61. The molecule has 3 nitrogen and oxygen atoms in total. The lowest BCUT2D eigenvalue weighted by Crippen LogP contribution is -2.17. The van der Waals surface area contributed by atoms with Crippen molar-refractivity contribution in [2.24, 2.45) is 0 Å². The summed E-state index contributed by atoms with van der Waals surface area (Å²) in [6.45, 7) is 0. The molecule has 0 atom stereocenters. The van der Waals surface area contributed by atoms with Gasteiger partial charge in [-0.15, -0.1) is 0 Å². The summed E-state index contributed by atoms with van der Waals surface area (Å²) in [4.78, 5) is 26.7. The normalized spacial score (nSPS) is 13.9. The summed E-state index contributed by atoms with van der Waals surface area (Å²) in [5, 5.41) is 11.8.